The van der Waals surface area contributed by atoms with E-state index in [9.17, 15) is 4.79 Å². The van der Waals surface area contributed by atoms with Gasteiger partial charge >= 0.3 is 5.97 Å². The molecule has 144 valence electrons. The van der Waals surface area contributed by atoms with Gasteiger partial charge in [-0.1, -0.05) is 58.5 Å². The van der Waals surface area contributed by atoms with Gasteiger partial charge in [0.2, 0.25) is 0 Å². The minimum atomic E-state index is -0.459. The third kappa shape index (κ3) is 5.69. The molecule has 1 aliphatic rings. The van der Waals surface area contributed by atoms with Crippen molar-refractivity contribution in [1.82, 2.24) is 0 Å². The van der Waals surface area contributed by atoms with Gasteiger partial charge in [-0.05, 0) is 35.4 Å². The lowest BCUT2D eigenvalue weighted by Gasteiger charge is -2.26. The Morgan fingerprint density at radius 3 is 2.00 bits per heavy atom. The lowest BCUT2D eigenvalue weighted by Crippen LogP contribution is -2.18. The second-order valence-corrected chi connectivity index (χ2v) is 6.57. The summed E-state index contributed by atoms with van der Waals surface area (Å²) in [4.78, 5) is 11.3. The normalized spacial score (nSPS) is 15.2. The van der Waals surface area contributed by atoms with Crippen molar-refractivity contribution in [3.8, 4) is 11.5 Å². The molecule has 2 aromatic rings. The van der Waals surface area contributed by atoms with Gasteiger partial charge in [0, 0.05) is 11.5 Å². The molecule has 1 aliphatic heterocycles. The zero-order valence-corrected chi connectivity index (χ0v) is 16.5. The van der Waals surface area contributed by atoms with E-state index in [4.69, 9.17) is 14.2 Å². The number of carbonyl (C=O) groups is 1. The fourth-order valence-electron chi connectivity index (χ4n) is 2.59. The quantitative estimate of drug-likeness (QED) is 0.302. The number of hydrogen-bond acceptors (Lipinski definition) is 4. The second kappa shape index (κ2) is 9.38. The first kappa shape index (κ1) is 20.7. The average Bonchev–Trinajstić information content (AvgIpc) is 3.53. The highest BCUT2D eigenvalue weighted by Gasteiger charge is 2.24. The Balaban J connectivity index is 0.00000126. The Labute approximate surface area is 161 Å². The van der Waals surface area contributed by atoms with Crippen molar-refractivity contribution in [2.24, 2.45) is 0 Å². The fourth-order valence-corrected chi connectivity index (χ4v) is 2.59. The summed E-state index contributed by atoms with van der Waals surface area (Å²) in [5.74, 6) is 0.899. The number of hydrogen-bond donors (Lipinski definition) is 0. The average molecular weight is 368 g/mol. The molecular formula is C23H28O4. The van der Waals surface area contributed by atoms with Gasteiger partial charge in [0.25, 0.3) is 0 Å². The molecule has 0 aliphatic carbocycles. The molecule has 0 N–H and O–H groups in total. The standard InChI is InChI=1S/C21H22O4.C2H6/c1-4-20(22)25-18-11-7-16(8-12-18)21(2,3)15-5-9-17(10-6-15)23-13-19-14-24-19;1-2/h4-12,19H,1,13-14H2,2-3H3;1-2H3. The molecule has 2 aromatic carbocycles. The van der Waals surface area contributed by atoms with Crippen LogP contribution in [0, 0.1) is 0 Å². The smallest absolute Gasteiger partial charge is 0.335 e. The molecule has 1 atom stereocenters. The molecule has 0 radical (unpaired) electrons. The van der Waals surface area contributed by atoms with Crippen molar-refractivity contribution < 1.29 is 19.0 Å². The zero-order valence-electron chi connectivity index (χ0n) is 16.5. The van der Waals surface area contributed by atoms with Crippen LogP contribution in [0.4, 0.5) is 0 Å². The van der Waals surface area contributed by atoms with Gasteiger partial charge < -0.3 is 14.2 Å². The highest BCUT2D eigenvalue weighted by Crippen LogP contribution is 2.33. The topological polar surface area (TPSA) is 48.1 Å². The number of carbonyl (C=O) groups excluding carboxylic acids is 1. The van der Waals surface area contributed by atoms with Crippen LogP contribution < -0.4 is 9.47 Å². The second-order valence-electron chi connectivity index (χ2n) is 6.57. The molecule has 1 heterocycles. The predicted octanol–water partition coefficient (Wildman–Crippen LogP) is 4.91. The Hall–Kier alpha value is -2.59. The summed E-state index contributed by atoms with van der Waals surface area (Å²) in [7, 11) is 0. The Morgan fingerprint density at radius 2 is 1.56 bits per heavy atom. The van der Waals surface area contributed by atoms with Gasteiger partial charge in [-0.3, -0.25) is 0 Å². The predicted molar refractivity (Wildman–Crippen MR) is 107 cm³/mol. The van der Waals surface area contributed by atoms with Crippen LogP contribution in [-0.4, -0.2) is 25.3 Å². The molecule has 27 heavy (non-hydrogen) atoms. The minimum absolute atomic E-state index is 0.181. The molecule has 4 nitrogen and oxygen atoms in total. The lowest BCUT2D eigenvalue weighted by molar-refractivity contribution is -0.128. The maximum atomic E-state index is 11.3. The van der Waals surface area contributed by atoms with E-state index in [0.29, 0.717) is 12.4 Å². The summed E-state index contributed by atoms with van der Waals surface area (Å²) < 4.78 is 16.0. The summed E-state index contributed by atoms with van der Waals surface area (Å²) in [6.45, 7) is 13.1. The van der Waals surface area contributed by atoms with Crippen LogP contribution in [0.15, 0.2) is 61.2 Å². The van der Waals surface area contributed by atoms with E-state index in [1.807, 2.05) is 38.1 Å². The van der Waals surface area contributed by atoms with E-state index in [2.05, 4.69) is 32.6 Å². The van der Waals surface area contributed by atoms with E-state index in [0.717, 1.165) is 24.0 Å². The Bertz CT molecular complexity index is 741. The van der Waals surface area contributed by atoms with Crippen molar-refractivity contribution in [3.05, 3.63) is 72.3 Å². The fraction of sp³-hybridized carbons (Fsp3) is 0.348. The van der Waals surface area contributed by atoms with E-state index >= 15 is 0 Å². The number of epoxide rings is 1. The summed E-state index contributed by atoms with van der Waals surface area (Å²) in [6, 6.07) is 15.7. The molecule has 1 fully saturated rings. The van der Waals surface area contributed by atoms with Crippen LogP contribution >= 0.6 is 0 Å². The summed E-state index contributed by atoms with van der Waals surface area (Å²) in [5, 5.41) is 0. The van der Waals surface area contributed by atoms with Crippen molar-refractivity contribution >= 4 is 5.97 Å². The minimum Gasteiger partial charge on any atom is -0.491 e. The van der Waals surface area contributed by atoms with E-state index in [-0.39, 0.29) is 11.5 Å². The molecule has 0 amide bonds. The monoisotopic (exact) mass is 368 g/mol. The van der Waals surface area contributed by atoms with Crippen LogP contribution in [0.2, 0.25) is 0 Å². The number of rotatable bonds is 7. The molecule has 0 saturated carbocycles. The van der Waals surface area contributed by atoms with Crippen molar-refractivity contribution in [2.45, 2.75) is 39.2 Å². The van der Waals surface area contributed by atoms with Crippen molar-refractivity contribution in [3.63, 3.8) is 0 Å². The van der Waals surface area contributed by atoms with Crippen LogP contribution in [0.3, 0.4) is 0 Å². The number of ether oxygens (including phenoxy) is 3. The van der Waals surface area contributed by atoms with Crippen LogP contribution in [0.25, 0.3) is 0 Å². The molecular weight excluding hydrogens is 340 g/mol. The number of esters is 1. The van der Waals surface area contributed by atoms with E-state index in [1.54, 1.807) is 12.1 Å². The molecule has 0 spiro atoms. The largest absolute Gasteiger partial charge is 0.491 e. The summed E-state index contributed by atoms with van der Waals surface area (Å²) in [5.41, 5.74) is 2.13. The number of benzene rings is 2. The third-order valence-corrected chi connectivity index (χ3v) is 4.38. The van der Waals surface area contributed by atoms with Gasteiger partial charge in [-0.25, -0.2) is 4.79 Å². The van der Waals surface area contributed by atoms with Gasteiger partial charge in [0.15, 0.2) is 0 Å². The molecule has 4 heteroatoms. The van der Waals surface area contributed by atoms with Gasteiger partial charge in [-0.15, -0.1) is 0 Å². The SMILES string of the molecule is C=CC(=O)Oc1ccc(C(C)(C)c2ccc(OCC3CO3)cc2)cc1.CC. The highest BCUT2D eigenvalue weighted by atomic mass is 16.6. The van der Waals surface area contributed by atoms with Crippen LogP contribution in [-0.2, 0) is 14.9 Å². The third-order valence-electron chi connectivity index (χ3n) is 4.38. The molecule has 3 rings (SSSR count). The maximum absolute atomic E-state index is 11.3. The molecule has 0 bridgehead atoms. The first-order chi connectivity index (χ1) is 13.0. The molecule has 1 saturated heterocycles. The first-order valence-electron chi connectivity index (χ1n) is 9.29. The Kier molecular flexibility index (Phi) is 7.19. The zero-order chi connectivity index (χ0) is 19.9. The van der Waals surface area contributed by atoms with E-state index in [1.165, 1.54) is 5.56 Å². The van der Waals surface area contributed by atoms with Crippen molar-refractivity contribution in [2.75, 3.05) is 13.2 Å². The van der Waals surface area contributed by atoms with E-state index < -0.39 is 5.97 Å². The van der Waals surface area contributed by atoms with Crippen LogP contribution in [0.1, 0.15) is 38.8 Å². The van der Waals surface area contributed by atoms with Crippen molar-refractivity contribution in [1.29, 1.82) is 0 Å². The molecule has 1 unspecified atom stereocenters. The summed E-state index contributed by atoms with van der Waals surface area (Å²) in [6.07, 6.45) is 1.40. The Morgan fingerprint density at radius 1 is 1.07 bits per heavy atom. The molecule has 0 aromatic heterocycles. The maximum Gasteiger partial charge on any atom is 0.335 e. The van der Waals surface area contributed by atoms with Gasteiger partial charge in [0.05, 0.1) is 6.61 Å². The van der Waals surface area contributed by atoms with Crippen LogP contribution in [0.5, 0.6) is 11.5 Å². The lowest BCUT2D eigenvalue weighted by atomic mass is 9.78. The van der Waals surface area contributed by atoms with Gasteiger partial charge in [-0.2, -0.15) is 0 Å². The summed E-state index contributed by atoms with van der Waals surface area (Å²) >= 11 is 0. The first-order valence-corrected chi connectivity index (χ1v) is 9.29. The highest BCUT2D eigenvalue weighted by molar-refractivity contribution is 5.83. The van der Waals surface area contributed by atoms with Gasteiger partial charge in [0.1, 0.15) is 24.2 Å².